The highest BCUT2D eigenvalue weighted by atomic mass is 16.6. The fraction of sp³-hybridized carbons (Fsp3) is 0.533. The highest BCUT2D eigenvalue weighted by Gasteiger charge is 2.37. The fourth-order valence-corrected chi connectivity index (χ4v) is 1.57. The third-order valence-electron chi connectivity index (χ3n) is 2.33. The lowest BCUT2D eigenvalue weighted by Crippen LogP contribution is -2.44. The lowest BCUT2D eigenvalue weighted by Gasteiger charge is -2.27. The quantitative estimate of drug-likeness (QED) is 0.597. The van der Waals surface area contributed by atoms with Gasteiger partial charge in [0.1, 0.15) is 11.2 Å². The van der Waals surface area contributed by atoms with Gasteiger partial charge in [0.15, 0.2) is 0 Å². The molecule has 9 nitrogen and oxygen atoms in total. The van der Waals surface area contributed by atoms with Gasteiger partial charge in [-0.3, -0.25) is 10.1 Å². The van der Waals surface area contributed by atoms with E-state index in [0.717, 1.165) is 6.07 Å². The predicted octanol–water partition coefficient (Wildman–Crippen LogP) is 3.67. The van der Waals surface area contributed by atoms with Crippen LogP contribution in [0.3, 0.4) is 0 Å². The number of pyridine rings is 1. The molecule has 1 aromatic rings. The minimum atomic E-state index is -1.11. The van der Waals surface area contributed by atoms with Crippen LogP contribution in [0.5, 0.6) is 0 Å². The molecule has 0 saturated heterocycles. The van der Waals surface area contributed by atoms with Crippen LogP contribution in [0.25, 0.3) is 0 Å². The van der Waals surface area contributed by atoms with Gasteiger partial charge >= 0.3 is 17.9 Å². The lowest BCUT2D eigenvalue weighted by molar-refractivity contribution is -0.384. The number of nitrogens with zero attached hydrogens (tertiary/aromatic N) is 3. The Hall–Kier alpha value is -2.71. The molecule has 1 aromatic heterocycles. The van der Waals surface area contributed by atoms with Crippen molar-refractivity contribution < 1.29 is 24.0 Å². The number of aromatic nitrogens is 1. The minimum Gasteiger partial charge on any atom is -0.443 e. The molecule has 0 saturated carbocycles. The first-order chi connectivity index (χ1) is 10.8. The minimum absolute atomic E-state index is 0.425. The van der Waals surface area contributed by atoms with Gasteiger partial charge in [-0.05, 0) is 47.6 Å². The third kappa shape index (κ3) is 5.49. The van der Waals surface area contributed by atoms with E-state index in [0.29, 0.717) is 4.90 Å². The number of ether oxygens (including phenoxy) is 2. The average molecular weight is 339 g/mol. The summed E-state index contributed by atoms with van der Waals surface area (Å²) in [6, 6.07) is 2.45. The van der Waals surface area contributed by atoms with Gasteiger partial charge in [-0.25, -0.2) is 14.6 Å². The van der Waals surface area contributed by atoms with E-state index in [-0.39, 0.29) is 0 Å². The van der Waals surface area contributed by atoms with Gasteiger partial charge in [0.05, 0.1) is 4.92 Å². The summed E-state index contributed by atoms with van der Waals surface area (Å²) >= 11 is 0. The number of rotatable bonds is 2. The van der Waals surface area contributed by atoms with Crippen LogP contribution in [0, 0.1) is 10.1 Å². The second-order valence-corrected chi connectivity index (χ2v) is 6.90. The highest BCUT2D eigenvalue weighted by Crippen LogP contribution is 2.28. The maximum Gasteiger partial charge on any atom is 0.426 e. The molecule has 0 bridgehead atoms. The first-order valence-corrected chi connectivity index (χ1v) is 7.17. The molecule has 0 N–H and O–H groups in total. The Morgan fingerprint density at radius 3 is 1.92 bits per heavy atom. The Bertz CT molecular complexity index is 617. The van der Waals surface area contributed by atoms with E-state index in [9.17, 15) is 19.7 Å². The average Bonchev–Trinajstić information content (AvgIpc) is 2.34. The largest absolute Gasteiger partial charge is 0.443 e. The number of hydrogen-bond donors (Lipinski definition) is 0. The van der Waals surface area contributed by atoms with Gasteiger partial charge in [-0.15, -0.1) is 0 Å². The molecule has 2 amide bonds. The van der Waals surface area contributed by atoms with E-state index >= 15 is 0 Å². The van der Waals surface area contributed by atoms with Crippen LogP contribution < -0.4 is 4.90 Å². The van der Waals surface area contributed by atoms with Gasteiger partial charge in [-0.2, -0.15) is 4.90 Å². The smallest absolute Gasteiger partial charge is 0.426 e. The van der Waals surface area contributed by atoms with Crippen molar-refractivity contribution in [3.05, 3.63) is 28.4 Å². The molecule has 0 spiro atoms. The second kappa shape index (κ2) is 6.81. The van der Waals surface area contributed by atoms with Crippen molar-refractivity contribution in [2.45, 2.75) is 52.7 Å². The Morgan fingerprint density at radius 1 is 1.08 bits per heavy atom. The molecular weight excluding hydrogens is 318 g/mol. The molecule has 0 atom stereocenters. The molecule has 0 aromatic carbocycles. The summed E-state index contributed by atoms with van der Waals surface area (Å²) in [6.45, 7) is 9.61. The van der Waals surface area contributed by atoms with E-state index < -0.39 is 39.8 Å². The molecule has 9 heteroatoms. The van der Waals surface area contributed by atoms with Gasteiger partial charge in [0.25, 0.3) is 0 Å². The number of carbonyl (C=O) groups is 2. The van der Waals surface area contributed by atoms with Crippen LogP contribution in [-0.4, -0.2) is 33.3 Å². The zero-order valence-electron chi connectivity index (χ0n) is 14.5. The van der Waals surface area contributed by atoms with Crippen molar-refractivity contribution >= 4 is 23.7 Å². The van der Waals surface area contributed by atoms with Gasteiger partial charge in [0, 0.05) is 12.3 Å². The molecule has 0 unspecified atom stereocenters. The number of amides is 2. The number of carbonyl (C=O) groups excluding carboxylic acids is 2. The first kappa shape index (κ1) is 19.3. The maximum absolute atomic E-state index is 12.4. The van der Waals surface area contributed by atoms with Crippen molar-refractivity contribution in [3.63, 3.8) is 0 Å². The van der Waals surface area contributed by atoms with Gasteiger partial charge in [0.2, 0.25) is 5.82 Å². The summed E-state index contributed by atoms with van der Waals surface area (Å²) in [5.41, 5.74) is -2.35. The third-order valence-corrected chi connectivity index (χ3v) is 2.33. The first-order valence-electron chi connectivity index (χ1n) is 7.17. The van der Waals surface area contributed by atoms with E-state index in [1.807, 2.05) is 0 Å². The molecule has 1 rings (SSSR count). The topological polar surface area (TPSA) is 112 Å². The predicted molar refractivity (Wildman–Crippen MR) is 85.8 cm³/mol. The highest BCUT2D eigenvalue weighted by molar-refractivity contribution is 6.10. The second-order valence-electron chi connectivity index (χ2n) is 6.90. The summed E-state index contributed by atoms with van der Waals surface area (Å²) in [5.74, 6) is -0.467. The molecule has 0 aliphatic rings. The fourth-order valence-electron chi connectivity index (χ4n) is 1.57. The van der Waals surface area contributed by atoms with Crippen molar-refractivity contribution in [1.82, 2.24) is 4.98 Å². The Morgan fingerprint density at radius 2 is 1.54 bits per heavy atom. The van der Waals surface area contributed by atoms with Crippen LogP contribution in [0.2, 0.25) is 0 Å². The van der Waals surface area contributed by atoms with Gasteiger partial charge < -0.3 is 9.47 Å². The van der Waals surface area contributed by atoms with E-state index in [2.05, 4.69) is 4.98 Å². The van der Waals surface area contributed by atoms with E-state index in [4.69, 9.17) is 9.47 Å². The SMILES string of the molecule is CC(C)(C)OC(=O)N(C(=O)OC(C)(C)C)c1ncccc1[N+](=O)[O-]. The molecule has 24 heavy (non-hydrogen) atoms. The maximum atomic E-state index is 12.4. The molecule has 1 heterocycles. The monoisotopic (exact) mass is 339 g/mol. The lowest BCUT2D eigenvalue weighted by atomic mass is 10.2. The van der Waals surface area contributed by atoms with Crippen LogP contribution in [0.15, 0.2) is 18.3 Å². The van der Waals surface area contributed by atoms with Crippen LogP contribution in [0.1, 0.15) is 41.5 Å². The number of imide groups is 1. The Labute approximate surface area is 139 Å². The molecule has 0 radical (unpaired) electrons. The van der Waals surface area contributed by atoms with Crippen LogP contribution in [0.4, 0.5) is 21.1 Å². The zero-order chi connectivity index (χ0) is 18.7. The summed E-state index contributed by atoms with van der Waals surface area (Å²) < 4.78 is 10.3. The number of nitro groups is 1. The van der Waals surface area contributed by atoms with Crippen molar-refractivity contribution in [1.29, 1.82) is 0 Å². The Balaban J connectivity index is 3.36. The van der Waals surface area contributed by atoms with Crippen LogP contribution >= 0.6 is 0 Å². The van der Waals surface area contributed by atoms with E-state index in [1.165, 1.54) is 12.3 Å². The number of anilines is 1. The molecular formula is C15H21N3O6. The van der Waals surface area contributed by atoms with Crippen molar-refractivity contribution in [2.75, 3.05) is 4.90 Å². The summed E-state index contributed by atoms with van der Waals surface area (Å²) in [7, 11) is 0. The Kier molecular flexibility index (Phi) is 5.49. The summed E-state index contributed by atoms with van der Waals surface area (Å²) in [5, 5.41) is 11.2. The zero-order valence-corrected chi connectivity index (χ0v) is 14.5. The standard InChI is InChI=1S/C15H21N3O6/c1-14(2,3)23-12(19)17(13(20)24-15(4,5)6)11-10(18(21)22)8-7-9-16-11/h7-9H,1-6H3. The molecule has 0 fully saturated rings. The van der Waals surface area contributed by atoms with E-state index in [1.54, 1.807) is 41.5 Å². The summed E-state index contributed by atoms with van der Waals surface area (Å²) in [6.07, 6.45) is -0.999. The number of hydrogen-bond acceptors (Lipinski definition) is 7. The molecule has 0 aliphatic heterocycles. The molecule has 0 aliphatic carbocycles. The normalized spacial score (nSPS) is 11.6. The van der Waals surface area contributed by atoms with Crippen LogP contribution in [-0.2, 0) is 9.47 Å². The van der Waals surface area contributed by atoms with Crippen molar-refractivity contribution in [2.24, 2.45) is 0 Å². The summed E-state index contributed by atoms with van der Waals surface area (Å²) in [4.78, 5) is 39.4. The van der Waals surface area contributed by atoms with Gasteiger partial charge in [-0.1, -0.05) is 0 Å². The van der Waals surface area contributed by atoms with Crippen molar-refractivity contribution in [3.8, 4) is 0 Å². The molecule has 132 valence electrons.